The lowest BCUT2D eigenvalue weighted by atomic mass is 10.2. The van der Waals surface area contributed by atoms with Gasteiger partial charge in [-0.25, -0.2) is 9.50 Å². The Kier molecular flexibility index (Phi) is 4.32. The molecule has 0 bridgehead atoms. The van der Waals surface area contributed by atoms with Crippen LogP contribution in [0.1, 0.15) is 12.8 Å². The summed E-state index contributed by atoms with van der Waals surface area (Å²) in [6, 6.07) is 7.97. The number of rotatable bonds is 5. The molecule has 1 aliphatic rings. The first-order valence-electron chi connectivity index (χ1n) is 10.2. The fourth-order valence-corrected chi connectivity index (χ4v) is 5.00. The summed E-state index contributed by atoms with van der Waals surface area (Å²) in [7, 11) is 0. The van der Waals surface area contributed by atoms with Gasteiger partial charge in [-0.1, -0.05) is 0 Å². The molecule has 1 saturated heterocycles. The van der Waals surface area contributed by atoms with E-state index >= 15 is 0 Å². The summed E-state index contributed by atoms with van der Waals surface area (Å²) in [4.78, 5) is 15.8. The van der Waals surface area contributed by atoms with Crippen LogP contribution in [0.15, 0.2) is 54.6 Å². The molecule has 0 aliphatic carbocycles. The SMILES string of the molecule is OC[C@@H]1CCCN1c1nc(Nc2cn(-c3ccnc4ccsc34)cn2)c2cccn2n1. The number of aromatic nitrogens is 6. The molecule has 0 spiro atoms. The van der Waals surface area contributed by atoms with E-state index in [0.29, 0.717) is 17.6 Å². The summed E-state index contributed by atoms with van der Waals surface area (Å²) in [5.41, 5.74) is 2.88. The lowest BCUT2D eigenvalue weighted by Gasteiger charge is -2.23. The summed E-state index contributed by atoms with van der Waals surface area (Å²) >= 11 is 1.66. The molecule has 5 aromatic rings. The minimum atomic E-state index is 0.0555. The van der Waals surface area contributed by atoms with E-state index < -0.39 is 0 Å². The van der Waals surface area contributed by atoms with Gasteiger partial charge in [0.2, 0.25) is 5.95 Å². The van der Waals surface area contributed by atoms with E-state index in [4.69, 9.17) is 4.98 Å². The van der Waals surface area contributed by atoms with Crippen LogP contribution in [0, 0.1) is 0 Å². The first kappa shape index (κ1) is 18.3. The summed E-state index contributed by atoms with van der Waals surface area (Å²) in [6.07, 6.45) is 9.41. The normalized spacial score (nSPS) is 16.5. The van der Waals surface area contributed by atoms with Crippen molar-refractivity contribution < 1.29 is 5.11 Å². The highest BCUT2D eigenvalue weighted by atomic mass is 32.1. The topological polar surface area (TPSA) is 96.4 Å². The minimum Gasteiger partial charge on any atom is -0.394 e. The highest BCUT2D eigenvalue weighted by molar-refractivity contribution is 7.17. The molecule has 1 atom stereocenters. The van der Waals surface area contributed by atoms with E-state index in [1.165, 1.54) is 0 Å². The molecule has 5 aromatic heterocycles. The third-order valence-corrected chi connectivity index (χ3v) is 6.58. The maximum absolute atomic E-state index is 9.71. The number of thiophene rings is 1. The van der Waals surface area contributed by atoms with Gasteiger partial charge < -0.3 is 19.9 Å². The molecule has 9 nitrogen and oxygen atoms in total. The smallest absolute Gasteiger partial charge is 0.245 e. The van der Waals surface area contributed by atoms with Crippen molar-refractivity contribution in [1.82, 2.24) is 29.1 Å². The molecule has 0 saturated carbocycles. The standard InChI is InChI=1S/C21H20N8OS/c30-12-14-3-1-8-28(14)21-25-20(17-4-2-9-29(17)26-21)24-18-11-27(13-23-18)16-5-7-22-15-6-10-31-19(15)16/h2,4-7,9-11,13-14,30H,1,3,8,12H2,(H,24,25,26)/t14-/m0/s1. The van der Waals surface area contributed by atoms with Crippen LogP contribution in [0.5, 0.6) is 0 Å². The van der Waals surface area contributed by atoms with Gasteiger partial charge in [-0.05, 0) is 42.5 Å². The van der Waals surface area contributed by atoms with Gasteiger partial charge in [0.25, 0.3) is 0 Å². The molecule has 0 unspecified atom stereocenters. The highest BCUT2D eigenvalue weighted by Gasteiger charge is 2.27. The average molecular weight is 433 g/mol. The second-order valence-electron chi connectivity index (χ2n) is 7.53. The van der Waals surface area contributed by atoms with E-state index in [1.807, 2.05) is 57.3 Å². The van der Waals surface area contributed by atoms with Gasteiger partial charge >= 0.3 is 0 Å². The zero-order chi connectivity index (χ0) is 20.8. The Morgan fingerprint density at radius 3 is 3.13 bits per heavy atom. The molecule has 2 N–H and O–H groups in total. The van der Waals surface area contributed by atoms with Gasteiger partial charge in [0, 0.05) is 18.9 Å². The monoisotopic (exact) mass is 432 g/mol. The van der Waals surface area contributed by atoms with Crippen molar-refractivity contribution >= 4 is 44.7 Å². The molecule has 0 amide bonds. The molecule has 6 rings (SSSR count). The van der Waals surface area contributed by atoms with Gasteiger partial charge in [0.1, 0.15) is 17.7 Å². The number of hydrogen-bond acceptors (Lipinski definition) is 8. The van der Waals surface area contributed by atoms with Crippen molar-refractivity contribution in [3.8, 4) is 5.69 Å². The van der Waals surface area contributed by atoms with Gasteiger partial charge in [0.15, 0.2) is 5.82 Å². The van der Waals surface area contributed by atoms with E-state index in [1.54, 1.807) is 17.7 Å². The molecule has 1 fully saturated rings. The van der Waals surface area contributed by atoms with Crippen LogP contribution in [0.2, 0.25) is 0 Å². The largest absolute Gasteiger partial charge is 0.394 e. The summed E-state index contributed by atoms with van der Waals surface area (Å²) in [5, 5.41) is 19.8. The lowest BCUT2D eigenvalue weighted by Crippen LogP contribution is -2.34. The number of pyridine rings is 1. The number of aliphatic hydroxyl groups excluding tert-OH is 1. The van der Waals surface area contributed by atoms with E-state index in [-0.39, 0.29) is 12.6 Å². The molecule has 6 heterocycles. The van der Waals surface area contributed by atoms with Gasteiger partial charge in [0.05, 0.1) is 34.7 Å². The molecule has 0 aromatic carbocycles. The minimum absolute atomic E-state index is 0.0555. The third kappa shape index (κ3) is 3.11. The van der Waals surface area contributed by atoms with Crippen molar-refractivity contribution in [3.63, 3.8) is 0 Å². The van der Waals surface area contributed by atoms with Crippen LogP contribution in [0.25, 0.3) is 21.4 Å². The number of nitrogens with zero attached hydrogens (tertiary/aromatic N) is 7. The number of hydrogen-bond donors (Lipinski definition) is 2. The van der Waals surface area contributed by atoms with Crippen molar-refractivity contribution in [2.24, 2.45) is 0 Å². The Morgan fingerprint density at radius 2 is 2.19 bits per heavy atom. The maximum atomic E-state index is 9.71. The molecule has 1 aliphatic heterocycles. The van der Waals surface area contributed by atoms with Crippen molar-refractivity contribution in [3.05, 3.63) is 54.6 Å². The summed E-state index contributed by atoms with van der Waals surface area (Å²) < 4.78 is 4.92. The Hall–Kier alpha value is -3.50. The second-order valence-corrected chi connectivity index (χ2v) is 8.44. The molecule has 0 radical (unpaired) electrons. The fourth-order valence-electron chi connectivity index (χ4n) is 4.13. The Labute approximate surface area is 181 Å². The number of imidazole rings is 1. The van der Waals surface area contributed by atoms with Crippen LogP contribution >= 0.6 is 11.3 Å². The number of anilines is 3. The predicted octanol–water partition coefficient (Wildman–Crippen LogP) is 3.23. The molecular weight excluding hydrogens is 412 g/mol. The van der Waals surface area contributed by atoms with Crippen LogP contribution in [0.3, 0.4) is 0 Å². The summed E-state index contributed by atoms with van der Waals surface area (Å²) in [5.74, 6) is 1.98. The number of fused-ring (bicyclic) bond motifs is 2. The Bertz CT molecular complexity index is 1370. The van der Waals surface area contributed by atoms with Crippen molar-refractivity contribution in [2.75, 3.05) is 23.4 Å². The van der Waals surface area contributed by atoms with Gasteiger partial charge in [-0.15, -0.1) is 16.4 Å². The average Bonchev–Trinajstić information content (AvgIpc) is 3.59. The summed E-state index contributed by atoms with van der Waals surface area (Å²) in [6.45, 7) is 0.939. The van der Waals surface area contributed by atoms with E-state index in [0.717, 1.165) is 40.8 Å². The zero-order valence-corrected chi connectivity index (χ0v) is 17.4. The molecule has 156 valence electrons. The van der Waals surface area contributed by atoms with E-state index in [2.05, 4.69) is 25.3 Å². The Morgan fingerprint density at radius 1 is 1.23 bits per heavy atom. The van der Waals surface area contributed by atoms with Gasteiger partial charge in [-0.3, -0.25) is 4.98 Å². The lowest BCUT2D eigenvalue weighted by molar-refractivity contribution is 0.265. The second kappa shape index (κ2) is 7.33. The van der Waals surface area contributed by atoms with Crippen molar-refractivity contribution in [2.45, 2.75) is 18.9 Å². The molecule has 31 heavy (non-hydrogen) atoms. The molecular formula is C21H20N8OS. The van der Waals surface area contributed by atoms with Crippen LogP contribution < -0.4 is 10.2 Å². The van der Waals surface area contributed by atoms with E-state index in [9.17, 15) is 5.11 Å². The number of nitrogens with one attached hydrogen (secondary N) is 1. The first-order valence-corrected chi connectivity index (χ1v) is 11.0. The predicted molar refractivity (Wildman–Crippen MR) is 120 cm³/mol. The fraction of sp³-hybridized carbons (Fsp3) is 0.238. The van der Waals surface area contributed by atoms with Gasteiger partial charge in [-0.2, -0.15) is 4.98 Å². The zero-order valence-electron chi connectivity index (χ0n) is 16.6. The highest BCUT2D eigenvalue weighted by Crippen LogP contribution is 2.29. The van der Waals surface area contributed by atoms with Crippen LogP contribution in [-0.4, -0.2) is 53.4 Å². The maximum Gasteiger partial charge on any atom is 0.245 e. The first-order chi connectivity index (χ1) is 15.3. The Balaban J connectivity index is 1.36. The van der Waals surface area contributed by atoms with Crippen LogP contribution in [0.4, 0.5) is 17.6 Å². The van der Waals surface area contributed by atoms with Crippen LogP contribution in [-0.2, 0) is 0 Å². The molecule has 10 heteroatoms. The third-order valence-electron chi connectivity index (χ3n) is 5.65. The van der Waals surface area contributed by atoms with Crippen molar-refractivity contribution in [1.29, 1.82) is 0 Å². The quantitative estimate of drug-likeness (QED) is 0.440. The number of aliphatic hydroxyl groups is 1.